The quantitative estimate of drug-likeness (QED) is 0.943. The fourth-order valence-corrected chi connectivity index (χ4v) is 2.97. The van der Waals surface area contributed by atoms with Gasteiger partial charge in [-0.1, -0.05) is 28.9 Å². The molecule has 2 aromatic rings. The molecule has 0 bridgehead atoms. The Balaban J connectivity index is 1.78. The molecule has 1 aliphatic heterocycles. The smallest absolute Gasteiger partial charge is 0.229 e. The van der Waals surface area contributed by atoms with Crippen molar-refractivity contribution in [3.05, 3.63) is 52.4 Å². The molecule has 1 amide bonds. The summed E-state index contributed by atoms with van der Waals surface area (Å²) < 4.78 is 5.03. The molecule has 3 rings (SSSR count). The van der Waals surface area contributed by atoms with Gasteiger partial charge in [0.2, 0.25) is 5.91 Å². The topological polar surface area (TPSA) is 58.4 Å². The van der Waals surface area contributed by atoms with Gasteiger partial charge in [0.05, 0.1) is 18.2 Å². The van der Waals surface area contributed by atoms with Gasteiger partial charge in [-0.15, -0.1) is 0 Å². The maximum absolute atomic E-state index is 12.6. The first-order valence-corrected chi connectivity index (χ1v) is 7.69. The third kappa shape index (κ3) is 3.31. The van der Waals surface area contributed by atoms with E-state index in [1.54, 1.807) is 6.07 Å². The summed E-state index contributed by atoms with van der Waals surface area (Å²) in [7, 11) is 0. The fraction of sp³-hybridized carbons (Fsp3) is 0.375. The van der Waals surface area contributed by atoms with Crippen molar-refractivity contribution in [2.75, 3.05) is 19.6 Å². The Kier molecular flexibility index (Phi) is 4.45. The lowest BCUT2D eigenvalue weighted by molar-refractivity contribution is -0.133. The van der Waals surface area contributed by atoms with Crippen molar-refractivity contribution in [3.8, 4) is 0 Å². The fourth-order valence-electron chi connectivity index (χ4n) is 2.77. The van der Waals surface area contributed by atoms with Crippen LogP contribution >= 0.6 is 11.6 Å². The maximum Gasteiger partial charge on any atom is 0.229 e. The lowest BCUT2D eigenvalue weighted by atomic mass is 10.0. The number of benzene rings is 1. The SMILES string of the molecule is Cc1cc(CC(=O)N2CCNCC2c2cccc(Cl)c2)no1. The van der Waals surface area contributed by atoms with Crippen LogP contribution in [0.5, 0.6) is 0 Å². The molecule has 0 aliphatic carbocycles. The number of amides is 1. The van der Waals surface area contributed by atoms with Crippen molar-refractivity contribution in [1.82, 2.24) is 15.4 Å². The normalized spacial score (nSPS) is 18.5. The predicted molar refractivity (Wildman–Crippen MR) is 83.7 cm³/mol. The van der Waals surface area contributed by atoms with E-state index in [2.05, 4.69) is 10.5 Å². The monoisotopic (exact) mass is 319 g/mol. The summed E-state index contributed by atoms with van der Waals surface area (Å²) in [5.74, 6) is 0.772. The largest absolute Gasteiger partial charge is 0.361 e. The molecule has 0 radical (unpaired) electrons. The lowest BCUT2D eigenvalue weighted by Gasteiger charge is -2.36. The predicted octanol–water partition coefficient (Wildman–Crippen LogP) is 2.35. The van der Waals surface area contributed by atoms with E-state index < -0.39 is 0 Å². The lowest BCUT2D eigenvalue weighted by Crippen LogP contribution is -2.49. The van der Waals surface area contributed by atoms with Crippen molar-refractivity contribution < 1.29 is 9.32 Å². The highest BCUT2D eigenvalue weighted by molar-refractivity contribution is 6.30. The molecule has 5 nitrogen and oxygen atoms in total. The third-order valence-corrected chi connectivity index (χ3v) is 4.04. The van der Waals surface area contributed by atoms with Gasteiger partial charge in [-0.3, -0.25) is 4.79 Å². The molecule has 2 heterocycles. The van der Waals surface area contributed by atoms with E-state index in [0.717, 1.165) is 24.4 Å². The molecule has 6 heteroatoms. The van der Waals surface area contributed by atoms with Gasteiger partial charge >= 0.3 is 0 Å². The summed E-state index contributed by atoms with van der Waals surface area (Å²) in [6, 6.07) is 9.47. The molecule has 1 saturated heterocycles. The molecule has 1 aliphatic rings. The Morgan fingerprint density at radius 3 is 3.09 bits per heavy atom. The molecule has 1 aromatic carbocycles. The molecule has 1 aromatic heterocycles. The van der Waals surface area contributed by atoms with Crippen LogP contribution in [0.1, 0.15) is 23.1 Å². The van der Waals surface area contributed by atoms with Crippen LogP contribution in [0.25, 0.3) is 0 Å². The Morgan fingerprint density at radius 2 is 2.36 bits per heavy atom. The second-order valence-corrected chi connectivity index (χ2v) is 5.90. The average molecular weight is 320 g/mol. The first-order chi connectivity index (χ1) is 10.6. The zero-order valence-electron chi connectivity index (χ0n) is 12.4. The van der Waals surface area contributed by atoms with E-state index >= 15 is 0 Å². The van der Waals surface area contributed by atoms with Gasteiger partial charge in [0, 0.05) is 30.7 Å². The molecule has 116 valence electrons. The molecular formula is C16H18ClN3O2. The first-order valence-electron chi connectivity index (χ1n) is 7.31. The van der Waals surface area contributed by atoms with E-state index in [4.69, 9.17) is 16.1 Å². The van der Waals surface area contributed by atoms with Gasteiger partial charge in [-0.2, -0.15) is 0 Å². The summed E-state index contributed by atoms with van der Waals surface area (Å²) in [5, 5.41) is 7.92. The van der Waals surface area contributed by atoms with Gasteiger partial charge in [-0.05, 0) is 24.6 Å². The van der Waals surface area contributed by atoms with Crippen LogP contribution in [0.15, 0.2) is 34.9 Å². The minimum atomic E-state index is -0.00653. The number of carbonyl (C=O) groups is 1. The van der Waals surface area contributed by atoms with Crippen LogP contribution in [0.3, 0.4) is 0 Å². The van der Waals surface area contributed by atoms with Crippen LogP contribution < -0.4 is 5.32 Å². The minimum Gasteiger partial charge on any atom is -0.361 e. The summed E-state index contributed by atoms with van der Waals surface area (Å²) in [5.41, 5.74) is 1.72. The van der Waals surface area contributed by atoms with Gasteiger partial charge in [0.25, 0.3) is 0 Å². The molecule has 1 unspecified atom stereocenters. The molecule has 1 N–H and O–H groups in total. The van der Waals surface area contributed by atoms with Gasteiger partial charge in [0.15, 0.2) is 0 Å². The van der Waals surface area contributed by atoms with Crippen LogP contribution in [0.4, 0.5) is 0 Å². The van der Waals surface area contributed by atoms with Crippen molar-refractivity contribution in [1.29, 1.82) is 0 Å². The molecule has 1 atom stereocenters. The van der Waals surface area contributed by atoms with Crippen LogP contribution in [-0.2, 0) is 11.2 Å². The molecule has 1 fully saturated rings. The number of aromatic nitrogens is 1. The standard InChI is InChI=1S/C16H18ClN3O2/c1-11-7-14(19-22-11)9-16(21)20-6-5-18-10-15(20)12-3-2-4-13(17)8-12/h2-4,7-8,15,18H,5-6,9-10H2,1H3. The van der Waals surface area contributed by atoms with Crippen molar-refractivity contribution >= 4 is 17.5 Å². The van der Waals surface area contributed by atoms with Crippen LogP contribution in [-0.4, -0.2) is 35.6 Å². The number of aryl methyl sites for hydroxylation is 1. The highest BCUT2D eigenvalue weighted by Gasteiger charge is 2.28. The second-order valence-electron chi connectivity index (χ2n) is 5.47. The number of hydrogen-bond donors (Lipinski definition) is 1. The van der Waals surface area contributed by atoms with E-state index in [1.807, 2.05) is 36.1 Å². The first kappa shape index (κ1) is 15.1. The van der Waals surface area contributed by atoms with Crippen molar-refractivity contribution in [2.24, 2.45) is 0 Å². The Bertz CT molecular complexity index is 671. The van der Waals surface area contributed by atoms with Gasteiger partial charge < -0.3 is 14.7 Å². The van der Waals surface area contributed by atoms with E-state index in [9.17, 15) is 4.79 Å². The molecule has 0 spiro atoms. The number of hydrogen-bond acceptors (Lipinski definition) is 4. The highest BCUT2D eigenvalue weighted by atomic mass is 35.5. The zero-order valence-corrected chi connectivity index (χ0v) is 13.1. The van der Waals surface area contributed by atoms with Crippen molar-refractivity contribution in [2.45, 2.75) is 19.4 Å². The second kappa shape index (κ2) is 6.50. The van der Waals surface area contributed by atoms with Crippen molar-refractivity contribution in [3.63, 3.8) is 0 Å². The number of carbonyl (C=O) groups excluding carboxylic acids is 1. The van der Waals surface area contributed by atoms with Gasteiger partial charge in [-0.25, -0.2) is 0 Å². The minimum absolute atomic E-state index is 0.00653. The summed E-state index contributed by atoms with van der Waals surface area (Å²) in [6.45, 7) is 4.01. The number of nitrogens with zero attached hydrogens (tertiary/aromatic N) is 2. The van der Waals surface area contributed by atoms with E-state index in [1.165, 1.54) is 0 Å². The number of halogens is 1. The van der Waals surface area contributed by atoms with E-state index in [-0.39, 0.29) is 18.4 Å². The number of piperazine rings is 1. The Hall–Kier alpha value is -1.85. The molecular weight excluding hydrogens is 302 g/mol. The average Bonchev–Trinajstić information content (AvgIpc) is 2.92. The third-order valence-electron chi connectivity index (χ3n) is 3.81. The van der Waals surface area contributed by atoms with Crippen LogP contribution in [0.2, 0.25) is 5.02 Å². The maximum atomic E-state index is 12.6. The summed E-state index contributed by atoms with van der Waals surface area (Å²) >= 11 is 6.08. The number of rotatable bonds is 3. The summed E-state index contributed by atoms with van der Waals surface area (Å²) in [6.07, 6.45) is 0.258. The van der Waals surface area contributed by atoms with Gasteiger partial charge in [0.1, 0.15) is 5.76 Å². The Morgan fingerprint density at radius 1 is 1.50 bits per heavy atom. The highest BCUT2D eigenvalue weighted by Crippen LogP contribution is 2.25. The zero-order chi connectivity index (χ0) is 15.5. The molecule has 0 saturated carbocycles. The Labute approximate surface area is 134 Å². The number of nitrogens with one attached hydrogen (secondary N) is 1. The van der Waals surface area contributed by atoms with Crippen LogP contribution in [0, 0.1) is 6.92 Å². The summed E-state index contributed by atoms with van der Waals surface area (Å²) in [4.78, 5) is 14.5. The molecule has 22 heavy (non-hydrogen) atoms. The van der Waals surface area contributed by atoms with E-state index in [0.29, 0.717) is 17.3 Å².